The zero-order valence-electron chi connectivity index (χ0n) is 14.8. The number of urea groups is 1. The molecule has 0 spiro atoms. The highest BCUT2D eigenvalue weighted by Gasteiger charge is 2.35. The highest BCUT2D eigenvalue weighted by Crippen LogP contribution is 2.25. The second-order valence-electron chi connectivity index (χ2n) is 6.33. The van der Waals surface area contributed by atoms with Crippen LogP contribution in [-0.2, 0) is 4.79 Å². The minimum Gasteiger partial charge on any atom is -0.456 e. The van der Waals surface area contributed by atoms with Crippen LogP contribution in [0.4, 0.5) is 4.79 Å². The van der Waals surface area contributed by atoms with Crippen molar-refractivity contribution in [1.82, 2.24) is 9.80 Å². The van der Waals surface area contributed by atoms with Crippen molar-refractivity contribution < 1.29 is 14.0 Å². The molecule has 27 heavy (non-hydrogen) atoms. The SMILES string of the molecule is CN1C(=O)/C(=C/c2ccc3oc(-c4ccccc4)cc(=O)c3c2)N(C)C1=O. The number of likely N-dealkylation sites (N-methyl/N-ethyl adjacent to an activating group) is 2. The Labute approximate surface area is 154 Å². The molecule has 1 fully saturated rings. The van der Waals surface area contributed by atoms with Gasteiger partial charge >= 0.3 is 6.03 Å². The monoisotopic (exact) mass is 360 g/mol. The van der Waals surface area contributed by atoms with E-state index < -0.39 is 0 Å². The van der Waals surface area contributed by atoms with Crippen LogP contribution >= 0.6 is 0 Å². The molecule has 0 aliphatic carbocycles. The first-order chi connectivity index (χ1) is 13.0. The number of hydrogen-bond acceptors (Lipinski definition) is 4. The Kier molecular flexibility index (Phi) is 3.88. The summed E-state index contributed by atoms with van der Waals surface area (Å²) in [6.45, 7) is 0. The number of imide groups is 1. The lowest BCUT2D eigenvalue weighted by atomic mass is 10.1. The van der Waals surface area contributed by atoms with Crippen molar-refractivity contribution in [2.45, 2.75) is 0 Å². The summed E-state index contributed by atoms with van der Waals surface area (Å²) in [5, 5.41) is 0.414. The van der Waals surface area contributed by atoms with Crippen molar-refractivity contribution in [2.75, 3.05) is 14.1 Å². The van der Waals surface area contributed by atoms with Gasteiger partial charge in [-0.05, 0) is 23.8 Å². The average Bonchev–Trinajstić information content (AvgIpc) is 2.87. The Morgan fingerprint density at radius 3 is 2.30 bits per heavy atom. The van der Waals surface area contributed by atoms with Gasteiger partial charge in [-0.2, -0.15) is 0 Å². The molecular formula is C21H16N2O4. The molecule has 1 aromatic heterocycles. The molecule has 0 unspecified atom stereocenters. The van der Waals surface area contributed by atoms with Gasteiger partial charge in [0.25, 0.3) is 5.91 Å². The molecule has 3 amide bonds. The molecule has 0 radical (unpaired) electrons. The molecular weight excluding hydrogens is 344 g/mol. The predicted molar refractivity (Wildman–Crippen MR) is 102 cm³/mol. The third-order valence-electron chi connectivity index (χ3n) is 4.57. The molecule has 2 heterocycles. The third kappa shape index (κ3) is 2.81. The summed E-state index contributed by atoms with van der Waals surface area (Å²) in [5.74, 6) is 0.117. The highest BCUT2D eigenvalue weighted by molar-refractivity contribution is 6.13. The summed E-state index contributed by atoms with van der Waals surface area (Å²) >= 11 is 0. The molecule has 0 bridgehead atoms. The topological polar surface area (TPSA) is 70.8 Å². The van der Waals surface area contributed by atoms with Gasteiger partial charge < -0.3 is 4.42 Å². The number of carbonyl (C=O) groups excluding carboxylic acids is 2. The zero-order valence-corrected chi connectivity index (χ0v) is 14.8. The predicted octanol–water partition coefficient (Wildman–Crippen LogP) is 3.32. The van der Waals surface area contributed by atoms with Crippen LogP contribution in [0.15, 0.2) is 69.5 Å². The lowest BCUT2D eigenvalue weighted by molar-refractivity contribution is -0.122. The zero-order chi connectivity index (χ0) is 19.1. The first kappa shape index (κ1) is 16.8. The van der Waals surface area contributed by atoms with Crippen LogP contribution < -0.4 is 5.43 Å². The maximum atomic E-state index is 12.6. The van der Waals surface area contributed by atoms with Crippen molar-refractivity contribution in [1.29, 1.82) is 0 Å². The number of amides is 3. The average molecular weight is 360 g/mol. The van der Waals surface area contributed by atoms with Gasteiger partial charge in [-0.15, -0.1) is 0 Å². The summed E-state index contributed by atoms with van der Waals surface area (Å²) in [5.41, 5.74) is 2.01. The first-order valence-electron chi connectivity index (χ1n) is 8.36. The van der Waals surface area contributed by atoms with Crippen LogP contribution in [0, 0.1) is 0 Å². The van der Waals surface area contributed by atoms with Crippen molar-refractivity contribution >= 4 is 29.0 Å². The molecule has 3 aromatic rings. The number of hydrogen-bond donors (Lipinski definition) is 0. The Balaban J connectivity index is 1.79. The minimum absolute atomic E-state index is 0.172. The molecule has 0 N–H and O–H groups in total. The van der Waals surface area contributed by atoms with Crippen molar-refractivity contribution in [3.05, 3.63) is 76.1 Å². The van der Waals surface area contributed by atoms with E-state index in [-0.39, 0.29) is 23.1 Å². The van der Waals surface area contributed by atoms with Crippen LogP contribution in [0.3, 0.4) is 0 Å². The van der Waals surface area contributed by atoms with E-state index in [0.717, 1.165) is 10.5 Å². The number of fused-ring (bicyclic) bond motifs is 1. The summed E-state index contributed by atoms with van der Waals surface area (Å²) in [4.78, 5) is 39.0. The third-order valence-corrected chi connectivity index (χ3v) is 4.57. The molecule has 6 heteroatoms. The second-order valence-corrected chi connectivity index (χ2v) is 6.33. The lowest BCUT2D eigenvalue weighted by Crippen LogP contribution is -2.27. The van der Waals surface area contributed by atoms with E-state index in [4.69, 9.17) is 4.42 Å². The van der Waals surface area contributed by atoms with E-state index in [1.54, 1.807) is 24.3 Å². The van der Waals surface area contributed by atoms with Gasteiger partial charge in [0, 0.05) is 25.7 Å². The van der Waals surface area contributed by atoms with Gasteiger partial charge in [0.15, 0.2) is 5.43 Å². The van der Waals surface area contributed by atoms with E-state index >= 15 is 0 Å². The lowest BCUT2D eigenvalue weighted by Gasteiger charge is -2.08. The van der Waals surface area contributed by atoms with Crippen LogP contribution in [-0.4, -0.2) is 35.8 Å². The van der Waals surface area contributed by atoms with Crippen molar-refractivity contribution in [2.24, 2.45) is 0 Å². The molecule has 0 saturated carbocycles. The van der Waals surface area contributed by atoms with Gasteiger partial charge in [-0.1, -0.05) is 36.4 Å². The second kappa shape index (κ2) is 6.25. The van der Waals surface area contributed by atoms with Gasteiger partial charge in [-0.25, -0.2) is 4.79 Å². The van der Waals surface area contributed by atoms with E-state index in [9.17, 15) is 14.4 Å². The fourth-order valence-corrected chi connectivity index (χ4v) is 3.05. The summed E-state index contributed by atoms with van der Waals surface area (Å²) in [7, 11) is 2.97. The van der Waals surface area contributed by atoms with Gasteiger partial charge in [0.1, 0.15) is 17.0 Å². The Hall–Kier alpha value is -3.67. The Morgan fingerprint density at radius 2 is 1.63 bits per heavy atom. The summed E-state index contributed by atoms with van der Waals surface area (Å²) in [6.07, 6.45) is 1.59. The summed E-state index contributed by atoms with van der Waals surface area (Å²) in [6, 6.07) is 15.6. The van der Waals surface area contributed by atoms with E-state index in [0.29, 0.717) is 22.3 Å². The molecule has 2 aromatic carbocycles. The maximum Gasteiger partial charge on any atom is 0.331 e. The fraction of sp³-hybridized carbons (Fsp3) is 0.0952. The van der Waals surface area contributed by atoms with E-state index in [1.165, 1.54) is 25.1 Å². The molecule has 6 nitrogen and oxygen atoms in total. The van der Waals surface area contributed by atoms with Crippen molar-refractivity contribution in [3.63, 3.8) is 0 Å². The van der Waals surface area contributed by atoms with Gasteiger partial charge in [-0.3, -0.25) is 19.4 Å². The Bertz CT molecular complexity index is 1160. The smallest absolute Gasteiger partial charge is 0.331 e. The number of carbonyl (C=O) groups is 2. The van der Waals surface area contributed by atoms with Gasteiger partial charge in [0.05, 0.1) is 5.39 Å². The molecule has 1 saturated heterocycles. The normalized spacial score (nSPS) is 16.0. The molecule has 1 aliphatic rings. The number of nitrogens with zero attached hydrogens (tertiary/aromatic N) is 2. The van der Waals surface area contributed by atoms with Crippen LogP contribution in [0.1, 0.15) is 5.56 Å². The first-order valence-corrected chi connectivity index (χ1v) is 8.36. The summed E-state index contributed by atoms with van der Waals surface area (Å²) < 4.78 is 5.87. The fourth-order valence-electron chi connectivity index (χ4n) is 3.05. The van der Waals surface area contributed by atoms with Gasteiger partial charge in [0.2, 0.25) is 0 Å². The van der Waals surface area contributed by atoms with Crippen LogP contribution in [0.25, 0.3) is 28.4 Å². The molecule has 4 rings (SSSR count). The largest absolute Gasteiger partial charge is 0.456 e. The number of benzene rings is 2. The minimum atomic E-state index is -0.390. The van der Waals surface area contributed by atoms with E-state index in [2.05, 4.69) is 0 Å². The highest BCUT2D eigenvalue weighted by atomic mass is 16.3. The molecule has 134 valence electrons. The van der Waals surface area contributed by atoms with Crippen molar-refractivity contribution in [3.8, 4) is 11.3 Å². The number of rotatable bonds is 2. The molecule has 0 atom stereocenters. The quantitative estimate of drug-likeness (QED) is 0.519. The maximum absolute atomic E-state index is 12.6. The van der Waals surface area contributed by atoms with Crippen LogP contribution in [0.5, 0.6) is 0 Å². The molecule has 1 aliphatic heterocycles. The van der Waals surface area contributed by atoms with Crippen LogP contribution in [0.2, 0.25) is 0 Å². The standard InChI is InChI=1S/C21H16N2O4/c1-22-16(20(25)23(2)21(22)26)11-13-8-9-18-15(10-13)17(24)12-19(27-18)14-6-4-3-5-7-14/h3-12H,1-2H3/b16-11-. The van der Waals surface area contributed by atoms with E-state index in [1.807, 2.05) is 30.3 Å². The Morgan fingerprint density at radius 1 is 0.889 bits per heavy atom.